The lowest BCUT2D eigenvalue weighted by atomic mass is 10.0. The lowest BCUT2D eigenvalue weighted by molar-refractivity contribution is 0.103. The summed E-state index contributed by atoms with van der Waals surface area (Å²) in [4.78, 5) is 12.4. The van der Waals surface area contributed by atoms with E-state index in [9.17, 15) is 9.18 Å². The predicted molar refractivity (Wildman–Crippen MR) is 78.1 cm³/mol. The quantitative estimate of drug-likeness (QED) is 0.651. The van der Waals surface area contributed by atoms with Crippen molar-refractivity contribution < 1.29 is 9.18 Å². The van der Waals surface area contributed by atoms with Gasteiger partial charge in [-0.25, -0.2) is 4.39 Å². The molecule has 0 saturated carbocycles. The smallest absolute Gasteiger partial charge is 0.194 e. The van der Waals surface area contributed by atoms with E-state index in [1.165, 1.54) is 6.07 Å². The van der Waals surface area contributed by atoms with Crippen LogP contribution in [0.15, 0.2) is 34.8 Å². The molecule has 0 atom stereocenters. The standard InChI is InChI=1S/C14H10BrClFNO/c1-7-2-11(12(16)6-13(7)17)14(19)8-3-9(15)5-10(18)4-8/h2-6H,18H2,1H3. The Morgan fingerprint density at radius 1 is 1.26 bits per heavy atom. The summed E-state index contributed by atoms with van der Waals surface area (Å²) in [5.74, 6) is -0.726. The van der Waals surface area contributed by atoms with E-state index in [4.69, 9.17) is 17.3 Å². The fourth-order valence-corrected chi connectivity index (χ4v) is 2.48. The summed E-state index contributed by atoms with van der Waals surface area (Å²) in [5, 5.41) is 0.0895. The third kappa shape index (κ3) is 2.96. The van der Waals surface area contributed by atoms with E-state index < -0.39 is 5.82 Å². The Balaban J connectivity index is 2.53. The van der Waals surface area contributed by atoms with E-state index in [1.54, 1.807) is 25.1 Å². The molecule has 0 radical (unpaired) electrons. The molecule has 0 fully saturated rings. The fraction of sp³-hybridized carbons (Fsp3) is 0.0714. The largest absolute Gasteiger partial charge is 0.399 e. The molecule has 2 rings (SSSR count). The Morgan fingerprint density at radius 2 is 1.95 bits per heavy atom. The first-order chi connectivity index (χ1) is 8.88. The molecule has 5 heteroatoms. The molecule has 2 aromatic rings. The minimum absolute atomic E-state index is 0.0895. The van der Waals surface area contributed by atoms with E-state index >= 15 is 0 Å². The zero-order valence-electron chi connectivity index (χ0n) is 10.0. The second-order valence-corrected chi connectivity index (χ2v) is 5.51. The van der Waals surface area contributed by atoms with Crippen molar-refractivity contribution in [1.82, 2.24) is 0 Å². The van der Waals surface area contributed by atoms with Gasteiger partial charge in [0.2, 0.25) is 0 Å². The molecule has 2 nitrogen and oxygen atoms in total. The van der Waals surface area contributed by atoms with Crippen molar-refractivity contribution in [1.29, 1.82) is 0 Å². The highest BCUT2D eigenvalue weighted by Gasteiger charge is 2.16. The van der Waals surface area contributed by atoms with E-state index in [2.05, 4.69) is 15.9 Å². The summed E-state index contributed by atoms with van der Waals surface area (Å²) < 4.78 is 14.0. The van der Waals surface area contributed by atoms with Crippen molar-refractivity contribution in [3.8, 4) is 0 Å². The highest BCUT2D eigenvalue weighted by atomic mass is 79.9. The second kappa shape index (κ2) is 5.31. The van der Waals surface area contributed by atoms with Gasteiger partial charge in [-0.3, -0.25) is 4.79 Å². The average molecular weight is 343 g/mol. The van der Waals surface area contributed by atoms with E-state index in [0.717, 1.165) is 6.07 Å². The molecule has 0 amide bonds. The van der Waals surface area contributed by atoms with Gasteiger partial charge < -0.3 is 5.73 Å². The number of nitrogens with two attached hydrogens (primary N) is 1. The van der Waals surface area contributed by atoms with Crippen LogP contribution < -0.4 is 5.73 Å². The Kier molecular flexibility index (Phi) is 3.92. The fourth-order valence-electron chi connectivity index (χ4n) is 1.73. The SMILES string of the molecule is Cc1cc(C(=O)c2cc(N)cc(Br)c2)c(Cl)cc1F. The maximum absolute atomic E-state index is 13.3. The molecule has 0 bridgehead atoms. The Bertz CT molecular complexity index is 652. The zero-order valence-corrected chi connectivity index (χ0v) is 12.3. The van der Waals surface area contributed by atoms with Gasteiger partial charge in [0, 0.05) is 21.3 Å². The highest BCUT2D eigenvalue weighted by molar-refractivity contribution is 9.10. The molecular weight excluding hydrogens is 333 g/mol. The third-order valence-electron chi connectivity index (χ3n) is 2.68. The molecule has 2 aromatic carbocycles. The summed E-state index contributed by atoms with van der Waals surface area (Å²) in [6, 6.07) is 7.48. The van der Waals surface area contributed by atoms with Crippen LogP contribution >= 0.6 is 27.5 Å². The molecule has 0 spiro atoms. The van der Waals surface area contributed by atoms with Crippen LogP contribution in [-0.4, -0.2) is 5.78 Å². The Labute approximate surface area is 123 Å². The molecule has 0 heterocycles. The number of nitrogen functional groups attached to an aromatic ring is 1. The zero-order chi connectivity index (χ0) is 14.2. The monoisotopic (exact) mass is 341 g/mol. The Hall–Kier alpha value is -1.39. The van der Waals surface area contributed by atoms with Gasteiger partial charge in [-0.2, -0.15) is 0 Å². The van der Waals surface area contributed by atoms with Crippen LogP contribution in [-0.2, 0) is 0 Å². The third-order valence-corrected chi connectivity index (χ3v) is 3.45. The molecule has 0 aliphatic heterocycles. The topological polar surface area (TPSA) is 43.1 Å². The van der Waals surface area contributed by atoms with Crippen molar-refractivity contribution in [3.05, 3.63) is 62.3 Å². The van der Waals surface area contributed by atoms with Crippen LogP contribution in [0.25, 0.3) is 0 Å². The minimum Gasteiger partial charge on any atom is -0.399 e. The predicted octanol–water partition coefficient (Wildman–Crippen LogP) is 4.36. The number of hydrogen-bond donors (Lipinski definition) is 1. The lowest BCUT2D eigenvalue weighted by Crippen LogP contribution is -2.04. The molecule has 0 aliphatic rings. The normalized spacial score (nSPS) is 10.5. The number of halogens is 3. The van der Waals surface area contributed by atoms with E-state index in [-0.39, 0.29) is 16.4 Å². The van der Waals surface area contributed by atoms with Crippen LogP contribution in [0.4, 0.5) is 10.1 Å². The van der Waals surface area contributed by atoms with E-state index in [0.29, 0.717) is 21.3 Å². The highest BCUT2D eigenvalue weighted by Crippen LogP contribution is 2.25. The lowest BCUT2D eigenvalue weighted by Gasteiger charge is -2.07. The molecule has 98 valence electrons. The Morgan fingerprint density at radius 3 is 2.58 bits per heavy atom. The molecule has 2 N–H and O–H groups in total. The summed E-state index contributed by atoms with van der Waals surface area (Å²) in [5.41, 5.74) is 7.19. The molecule has 0 aromatic heterocycles. The van der Waals surface area contributed by atoms with Gasteiger partial charge in [-0.1, -0.05) is 27.5 Å². The summed E-state index contributed by atoms with van der Waals surface area (Å²) in [6.45, 7) is 1.58. The minimum atomic E-state index is -0.435. The van der Waals surface area contributed by atoms with Gasteiger partial charge >= 0.3 is 0 Å². The first-order valence-electron chi connectivity index (χ1n) is 5.45. The number of hydrogen-bond acceptors (Lipinski definition) is 2. The van der Waals surface area contributed by atoms with Crippen LogP contribution in [0.5, 0.6) is 0 Å². The van der Waals surface area contributed by atoms with Crippen LogP contribution in [0.2, 0.25) is 5.02 Å². The van der Waals surface area contributed by atoms with Gasteiger partial charge in [0.25, 0.3) is 0 Å². The number of aryl methyl sites for hydroxylation is 1. The maximum Gasteiger partial charge on any atom is 0.194 e. The van der Waals surface area contributed by atoms with Crippen LogP contribution in [0.3, 0.4) is 0 Å². The summed E-state index contributed by atoms with van der Waals surface area (Å²) in [6.07, 6.45) is 0. The van der Waals surface area contributed by atoms with Crippen molar-refractivity contribution in [3.63, 3.8) is 0 Å². The van der Waals surface area contributed by atoms with Gasteiger partial charge in [-0.05, 0) is 42.8 Å². The molecule has 0 unspecified atom stereocenters. The second-order valence-electron chi connectivity index (χ2n) is 4.18. The average Bonchev–Trinajstić information content (AvgIpc) is 2.31. The van der Waals surface area contributed by atoms with Crippen molar-refractivity contribution in [2.24, 2.45) is 0 Å². The number of ketones is 1. The van der Waals surface area contributed by atoms with Crippen molar-refractivity contribution in [2.45, 2.75) is 6.92 Å². The number of anilines is 1. The van der Waals surface area contributed by atoms with Crippen LogP contribution in [0.1, 0.15) is 21.5 Å². The van der Waals surface area contributed by atoms with Gasteiger partial charge in [0.15, 0.2) is 5.78 Å². The first-order valence-corrected chi connectivity index (χ1v) is 6.62. The first kappa shape index (κ1) is 14.0. The molecule has 19 heavy (non-hydrogen) atoms. The summed E-state index contributed by atoms with van der Waals surface area (Å²) >= 11 is 9.20. The van der Waals surface area contributed by atoms with Gasteiger partial charge in [0.1, 0.15) is 5.82 Å². The number of benzene rings is 2. The number of rotatable bonds is 2. The maximum atomic E-state index is 13.3. The van der Waals surface area contributed by atoms with Gasteiger partial charge in [-0.15, -0.1) is 0 Å². The van der Waals surface area contributed by atoms with Crippen molar-refractivity contribution in [2.75, 3.05) is 5.73 Å². The van der Waals surface area contributed by atoms with Gasteiger partial charge in [0.05, 0.1) is 5.02 Å². The van der Waals surface area contributed by atoms with Crippen LogP contribution in [0, 0.1) is 12.7 Å². The number of carbonyl (C=O) groups is 1. The molecular formula is C14H10BrClFNO. The molecule has 0 aliphatic carbocycles. The molecule has 0 saturated heterocycles. The van der Waals surface area contributed by atoms with Crippen molar-refractivity contribution >= 4 is 39.0 Å². The number of carbonyl (C=O) groups excluding carboxylic acids is 1. The van der Waals surface area contributed by atoms with E-state index in [1.807, 2.05) is 0 Å². The summed E-state index contributed by atoms with van der Waals surface area (Å²) in [7, 11) is 0.